The normalized spacial score (nSPS) is 13.5. The maximum atomic E-state index is 12.4. The summed E-state index contributed by atoms with van der Waals surface area (Å²) >= 11 is 3.39. The molecule has 1 aliphatic carbocycles. The van der Waals surface area contributed by atoms with Crippen molar-refractivity contribution in [2.75, 3.05) is 5.32 Å². The first-order valence-electron chi connectivity index (χ1n) is 6.74. The van der Waals surface area contributed by atoms with E-state index in [1.165, 1.54) is 11.1 Å². The van der Waals surface area contributed by atoms with Gasteiger partial charge in [0.05, 0.1) is 17.3 Å². The van der Waals surface area contributed by atoms with Crippen molar-refractivity contribution in [3.8, 4) is 6.07 Å². The molecular formula is C17H13BrN2O. The van der Waals surface area contributed by atoms with E-state index in [9.17, 15) is 4.79 Å². The third kappa shape index (κ3) is 2.84. The molecule has 0 saturated heterocycles. The number of anilines is 1. The van der Waals surface area contributed by atoms with Crippen LogP contribution in [-0.2, 0) is 17.6 Å². The Hall–Kier alpha value is -2.12. The fourth-order valence-corrected chi connectivity index (χ4v) is 3.14. The van der Waals surface area contributed by atoms with E-state index in [0.29, 0.717) is 11.3 Å². The molecule has 0 spiro atoms. The van der Waals surface area contributed by atoms with Gasteiger partial charge < -0.3 is 5.32 Å². The lowest BCUT2D eigenvalue weighted by atomic mass is 10.1. The number of halogens is 1. The first kappa shape index (κ1) is 13.8. The maximum absolute atomic E-state index is 12.4. The van der Waals surface area contributed by atoms with Crippen molar-refractivity contribution >= 4 is 27.5 Å². The molecule has 0 bridgehead atoms. The number of nitrogens with zero attached hydrogens (tertiary/aromatic N) is 1. The molecule has 1 amide bonds. The van der Waals surface area contributed by atoms with Gasteiger partial charge in [0.25, 0.3) is 0 Å². The summed E-state index contributed by atoms with van der Waals surface area (Å²) in [6.07, 6.45) is 1.58. The Kier molecular flexibility index (Phi) is 3.76. The van der Waals surface area contributed by atoms with Gasteiger partial charge in [-0.15, -0.1) is 0 Å². The fraction of sp³-hybridized carbons (Fsp3) is 0.176. The van der Waals surface area contributed by atoms with Crippen LogP contribution in [0, 0.1) is 17.2 Å². The van der Waals surface area contributed by atoms with Gasteiger partial charge in [-0.2, -0.15) is 5.26 Å². The number of carbonyl (C=O) groups excluding carboxylic acids is 1. The second kappa shape index (κ2) is 5.71. The molecule has 0 aliphatic heterocycles. The van der Waals surface area contributed by atoms with Gasteiger partial charge in [-0.05, 0) is 58.1 Å². The minimum absolute atomic E-state index is 0.0232. The molecule has 0 aromatic heterocycles. The Labute approximate surface area is 131 Å². The summed E-state index contributed by atoms with van der Waals surface area (Å²) in [5.74, 6) is 0.00144. The largest absolute Gasteiger partial charge is 0.325 e. The lowest BCUT2D eigenvalue weighted by Gasteiger charge is -2.12. The summed E-state index contributed by atoms with van der Waals surface area (Å²) in [6, 6.07) is 15.4. The van der Waals surface area contributed by atoms with Crippen molar-refractivity contribution < 1.29 is 4.79 Å². The van der Waals surface area contributed by atoms with Crippen molar-refractivity contribution in [2.45, 2.75) is 12.8 Å². The summed E-state index contributed by atoms with van der Waals surface area (Å²) in [5.41, 5.74) is 3.79. The highest BCUT2D eigenvalue weighted by molar-refractivity contribution is 9.10. The van der Waals surface area contributed by atoms with Gasteiger partial charge in [-0.3, -0.25) is 4.79 Å². The van der Waals surface area contributed by atoms with E-state index in [1.807, 2.05) is 12.1 Å². The highest BCUT2D eigenvalue weighted by atomic mass is 79.9. The van der Waals surface area contributed by atoms with Crippen molar-refractivity contribution in [3.63, 3.8) is 0 Å². The number of nitriles is 1. The number of fused-ring (bicyclic) bond motifs is 1. The molecular weight excluding hydrogens is 328 g/mol. The van der Waals surface area contributed by atoms with Crippen molar-refractivity contribution in [1.82, 2.24) is 0 Å². The van der Waals surface area contributed by atoms with Crippen LogP contribution >= 0.6 is 15.9 Å². The van der Waals surface area contributed by atoms with Gasteiger partial charge in [0.1, 0.15) is 0 Å². The molecule has 21 heavy (non-hydrogen) atoms. The summed E-state index contributed by atoms with van der Waals surface area (Å²) in [6.45, 7) is 0. The van der Waals surface area contributed by atoms with E-state index < -0.39 is 0 Å². The monoisotopic (exact) mass is 340 g/mol. The number of amides is 1. The van der Waals surface area contributed by atoms with Gasteiger partial charge in [0.2, 0.25) is 5.91 Å². The Morgan fingerprint density at radius 2 is 1.86 bits per heavy atom. The second-order valence-corrected chi connectivity index (χ2v) is 6.02. The molecule has 0 heterocycles. The van der Waals surface area contributed by atoms with E-state index >= 15 is 0 Å². The summed E-state index contributed by atoms with van der Waals surface area (Å²) in [7, 11) is 0. The molecule has 0 atom stereocenters. The lowest BCUT2D eigenvalue weighted by Crippen LogP contribution is -2.23. The SMILES string of the molecule is N#Cc1ccc(NC(=O)C2Cc3ccccc3C2)c(Br)c1. The average molecular weight is 341 g/mol. The minimum Gasteiger partial charge on any atom is -0.325 e. The molecule has 3 rings (SSSR count). The zero-order valence-corrected chi connectivity index (χ0v) is 12.9. The number of nitrogens with one attached hydrogen (secondary N) is 1. The Morgan fingerprint density at radius 1 is 1.19 bits per heavy atom. The summed E-state index contributed by atoms with van der Waals surface area (Å²) < 4.78 is 0.727. The van der Waals surface area contributed by atoms with Crippen LogP contribution in [0.4, 0.5) is 5.69 Å². The molecule has 3 nitrogen and oxygen atoms in total. The minimum atomic E-state index is -0.0232. The second-order valence-electron chi connectivity index (χ2n) is 5.17. The maximum Gasteiger partial charge on any atom is 0.228 e. The third-order valence-electron chi connectivity index (χ3n) is 3.78. The molecule has 1 aliphatic rings. The number of hydrogen-bond acceptors (Lipinski definition) is 2. The number of benzene rings is 2. The van der Waals surface area contributed by atoms with E-state index in [0.717, 1.165) is 17.3 Å². The highest BCUT2D eigenvalue weighted by Crippen LogP contribution is 2.29. The van der Waals surface area contributed by atoms with Crippen LogP contribution in [-0.4, -0.2) is 5.91 Å². The van der Waals surface area contributed by atoms with E-state index in [-0.39, 0.29) is 11.8 Å². The zero-order chi connectivity index (χ0) is 14.8. The van der Waals surface area contributed by atoms with Crippen molar-refractivity contribution in [2.24, 2.45) is 5.92 Å². The first-order valence-corrected chi connectivity index (χ1v) is 7.54. The third-order valence-corrected chi connectivity index (χ3v) is 4.43. The Morgan fingerprint density at radius 3 is 2.43 bits per heavy atom. The van der Waals surface area contributed by atoms with E-state index in [1.54, 1.807) is 18.2 Å². The number of carbonyl (C=O) groups is 1. The topological polar surface area (TPSA) is 52.9 Å². The summed E-state index contributed by atoms with van der Waals surface area (Å²) in [5, 5.41) is 11.8. The van der Waals surface area contributed by atoms with Crippen LogP contribution in [0.2, 0.25) is 0 Å². The van der Waals surface area contributed by atoms with E-state index in [4.69, 9.17) is 5.26 Å². The molecule has 2 aromatic carbocycles. The van der Waals surface area contributed by atoms with Crippen LogP contribution in [0.5, 0.6) is 0 Å². The standard InChI is InChI=1S/C17H13BrN2O/c18-15-7-11(10-19)5-6-16(15)20-17(21)14-8-12-3-1-2-4-13(12)9-14/h1-7,14H,8-9H2,(H,20,21). The predicted octanol–water partition coefficient (Wildman–Crippen LogP) is 3.67. The van der Waals surface area contributed by atoms with Crippen molar-refractivity contribution in [1.29, 1.82) is 5.26 Å². The molecule has 4 heteroatoms. The highest BCUT2D eigenvalue weighted by Gasteiger charge is 2.27. The smallest absolute Gasteiger partial charge is 0.228 e. The van der Waals surface area contributed by atoms with Crippen LogP contribution in [0.1, 0.15) is 16.7 Å². The molecule has 0 fully saturated rings. The van der Waals surface area contributed by atoms with Crippen molar-refractivity contribution in [3.05, 3.63) is 63.6 Å². The first-order chi connectivity index (χ1) is 10.2. The van der Waals surface area contributed by atoms with Gasteiger partial charge >= 0.3 is 0 Å². The lowest BCUT2D eigenvalue weighted by molar-refractivity contribution is -0.119. The molecule has 104 valence electrons. The van der Waals surface area contributed by atoms with Crippen LogP contribution in [0.3, 0.4) is 0 Å². The molecule has 2 aromatic rings. The van der Waals surface area contributed by atoms with Gasteiger partial charge in [-0.25, -0.2) is 0 Å². The van der Waals surface area contributed by atoms with Gasteiger partial charge in [-0.1, -0.05) is 24.3 Å². The Bertz CT molecular complexity index is 724. The fourth-order valence-electron chi connectivity index (χ4n) is 2.67. The van der Waals surface area contributed by atoms with Gasteiger partial charge in [0.15, 0.2) is 0 Å². The average Bonchev–Trinajstić information content (AvgIpc) is 2.93. The molecule has 0 radical (unpaired) electrons. The number of rotatable bonds is 2. The zero-order valence-electron chi connectivity index (χ0n) is 11.3. The molecule has 0 saturated carbocycles. The molecule has 1 N–H and O–H groups in total. The quantitative estimate of drug-likeness (QED) is 0.906. The Balaban J connectivity index is 1.73. The van der Waals surface area contributed by atoms with E-state index in [2.05, 4.69) is 39.4 Å². The number of hydrogen-bond donors (Lipinski definition) is 1. The van der Waals surface area contributed by atoms with Crippen LogP contribution in [0.25, 0.3) is 0 Å². The van der Waals surface area contributed by atoms with Crippen LogP contribution < -0.4 is 5.32 Å². The summed E-state index contributed by atoms with van der Waals surface area (Å²) in [4.78, 5) is 12.4. The predicted molar refractivity (Wildman–Crippen MR) is 84.8 cm³/mol. The van der Waals surface area contributed by atoms with Crippen LogP contribution in [0.15, 0.2) is 46.9 Å². The molecule has 0 unspecified atom stereocenters. The van der Waals surface area contributed by atoms with Gasteiger partial charge in [0, 0.05) is 10.4 Å².